The molecule has 1 saturated heterocycles. The smallest absolute Gasteiger partial charge is 0.221 e. The van der Waals surface area contributed by atoms with E-state index in [4.69, 9.17) is 4.74 Å². The second-order valence-corrected chi connectivity index (χ2v) is 6.45. The normalized spacial score (nSPS) is 20.2. The molecule has 1 amide bonds. The Morgan fingerprint density at radius 3 is 2.52 bits per heavy atom. The molecule has 0 radical (unpaired) electrons. The number of carbonyl (C=O) groups excluding carboxylic acids is 1. The monoisotopic (exact) mass is 343 g/mol. The summed E-state index contributed by atoms with van der Waals surface area (Å²) in [5, 5.41) is 6.41. The highest BCUT2D eigenvalue weighted by molar-refractivity contribution is 5.85. The van der Waals surface area contributed by atoms with E-state index in [1.165, 1.54) is 0 Å². The Balaban J connectivity index is 0. The number of nitrogens with zero attached hydrogens (tertiary/aromatic N) is 1. The van der Waals surface area contributed by atoms with Gasteiger partial charge in [-0.25, -0.2) is 0 Å². The first-order chi connectivity index (χ1) is 8.81. The molecule has 5 nitrogen and oxygen atoms in total. The Hall–Kier alpha value is -0.0700. The van der Waals surface area contributed by atoms with Crippen LogP contribution in [0.3, 0.4) is 0 Å². The Bertz CT molecular complexity index is 296. The van der Waals surface area contributed by atoms with E-state index < -0.39 is 0 Å². The number of halogens is 2. The first-order valence-corrected chi connectivity index (χ1v) is 7.06. The number of amides is 1. The average Bonchev–Trinajstić information content (AvgIpc) is 2.28. The van der Waals surface area contributed by atoms with Crippen molar-refractivity contribution < 1.29 is 9.53 Å². The fraction of sp³-hybridized carbons (Fsp3) is 0.929. The molecule has 1 aliphatic heterocycles. The molecule has 0 spiro atoms. The molecule has 1 rings (SSSR count). The van der Waals surface area contributed by atoms with Crippen LogP contribution in [0.4, 0.5) is 0 Å². The van der Waals surface area contributed by atoms with Crippen LogP contribution in [0.25, 0.3) is 0 Å². The predicted octanol–water partition coefficient (Wildman–Crippen LogP) is 1.30. The van der Waals surface area contributed by atoms with Gasteiger partial charge < -0.3 is 20.3 Å². The molecule has 7 heteroatoms. The Kier molecular flexibility index (Phi) is 11.7. The Morgan fingerprint density at radius 2 is 2.05 bits per heavy atom. The van der Waals surface area contributed by atoms with E-state index in [2.05, 4.69) is 50.4 Å². The third-order valence-electron chi connectivity index (χ3n) is 3.70. The minimum atomic E-state index is 0. The predicted molar refractivity (Wildman–Crippen MR) is 91.7 cm³/mol. The molecule has 1 aliphatic rings. The van der Waals surface area contributed by atoms with Crippen LogP contribution in [-0.4, -0.2) is 63.3 Å². The van der Waals surface area contributed by atoms with Crippen LogP contribution < -0.4 is 10.6 Å². The van der Waals surface area contributed by atoms with Crippen LogP contribution in [0.2, 0.25) is 0 Å². The van der Waals surface area contributed by atoms with Crippen molar-refractivity contribution in [1.82, 2.24) is 15.5 Å². The largest absolute Gasteiger partial charge is 0.378 e. The molecule has 0 saturated carbocycles. The quantitative estimate of drug-likeness (QED) is 0.763. The molecule has 2 unspecified atom stereocenters. The number of nitrogens with one attached hydrogen (secondary N) is 2. The summed E-state index contributed by atoms with van der Waals surface area (Å²) in [5.41, 5.74) is 0.0512. The van der Waals surface area contributed by atoms with Gasteiger partial charge in [0.1, 0.15) is 0 Å². The van der Waals surface area contributed by atoms with Crippen molar-refractivity contribution in [3.8, 4) is 0 Å². The van der Waals surface area contributed by atoms with Gasteiger partial charge in [-0.05, 0) is 26.4 Å². The molecule has 0 aromatic heterocycles. The maximum absolute atomic E-state index is 12.0. The number of hydrogen-bond acceptors (Lipinski definition) is 4. The number of rotatable bonds is 6. The van der Waals surface area contributed by atoms with Crippen LogP contribution in [0.15, 0.2) is 0 Å². The van der Waals surface area contributed by atoms with Gasteiger partial charge in [-0.2, -0.15) is 0 Å². The standard InChI is InChI=1S/C14H29N3O2.2ClH/c1-11(14(2,3)10-17(4)5)16-13(18)8-12-9-19-7-6-15-12;;/h11-12,15H,6-10H2,1-5H3,(H,16,18);2*1H. The minimum Gasteiger partial charge on any atom is -0.378 e. The second kappa shape index (κ2) is 10.6. The molecule has 2 atom stereocenters. The Morgan fingerprint density at radius 1 is 1.43 bits per heavy atom. The summed E-state index contributed by atoms with van der Waals surface area (Å²) in [6.07, 6.45) is 0.488. The van der Waals surface area contributed by atoms with Gasteiger partial charge in [0.15, 0.2) is 0 Å². The lowest BCUT2D eigenvalue weighted by Gasteiger charge is -2.35. The first kappa shape index (κ1) is 23.2. The van der Waals surface area contributed by atoms with E-state index in [1.54, 1.807) is 0 Å². The van der Waals surface area contributed by atoms with E-state index >= 15 is 0 Å². The van der Waals surface area contributed by atoms with Gasteiger partial charge in [0.2, 0.25) is 5.91 Å². The summed E-state index contributed by atoms with van der Waals surface area (Å²) < 4.78 is 5.36. The van der Waals surface area contributed by atoms with Gasteiger partial charge in [0.05, 0.1) is 13.2 Å². The van der Waals surface area contributed by atoms with Crippen molar-refractivity contribution in [3.63, 3.8) is 0 Å². The van der Waals surface area contributed by atoms with Crippen molar-refractivity contribution in [2.45, 2.75) is 39.3 Å². The topological polar surface area (TPSA) is 53.6 Å². The van der Waals surface area contributed by atoms with Crippen LogP contribution in [0.5, 0.6) is 0 Å². The number of ether oxygens (including phenoxy) is 1. The number of carbonyl (C=O) groups is 1. The average molecular weight is 344 g/mol. The molecule has 1 fully saturated rings. The minimum absolute atomic E-state index is 0. The van der Waals surface area contributed by atoms with Gasteiger partial charge in [-0.15, -0.1) is 24.8 Å². The summed E-state index contributed by atoms with van der Waals surface area (Å²) >= 11 is 0. The van der Waals surface area contributed by atoms with Crippen molar-refractivity contribution in [3.05, 3.63) is 0 Å². The molecule has 0 aliphatic carbocycles. The molecule has 21 heavy (non-hydrogen) atoms. The van der Waals surface area contributed by atoms with Gasteiger partial charge in [0, 0.05) is 31.6 Å². The highest BCUT2D eigenvalue weighted by atomic mass is 35.5. The summed E-state index contributed by atoms with van der Waals surface area (Å²) in [7, 11) is 4.11. The molecule has 1 heterocycles. The van der Waals surface area contributed by atoms with Gasteiger partial charge in [-0.3, -0.25) is 4.79 Å². The lowest BCUT2D eigenvalue weighted by Crippen LogP contribution is -2.50. The summed E-state index contributed by atoms with van der Waals surface area (Å²) in [4.78, 5) is 14.2. The van der Waals surface area contributed by atoms with E-state index in [1.807, 2.05) is 0 Å². The maximum atomic E-state index is 12.0. The van der Waals surface area contributed by atoms with Crippen LogP contribution >= 0.6 is 24.8 Å². The van der Waals surface area contributed by atoms with Crippen molar-refractivity contribution in [1.29, 1.82) is 0 Å². The zero-order valence-electron chi connectivity index (χ0n) is 13.8. The number of hydrogen-bond donors (Lipinski definition) is 2. The zero-order chi connectivity index (χ0) is 14.5. The lowest BCUT2D eigenvalue weighted by molar-refractivity contribution is -0.123. The molecule has 0 aromatic carbocycles. The number of morpholine rings is 1. The third kappa shape index (κ3) is 8.83. The summed E-state index contributed by atoms with van der Waals surface area (Å²) in [5.74, 6) is 0.0994. The molecular weight excluding hydrogens is 313 g/mol. The lowest BCUT2D eigenvalue weighted by atomic mass is 9.85. The van der Waals surface area contributed by atoms with E-state index in [0.717, 1.165) is 19.7 Å². The summed E-state index contributed by atoms with van der Waals surface area (Å²) in [6, 6.07) is 0.296. The molecule has 2 N–H and O–H groups in total. The summed E-state index contributed by atoms with van der Waals surface area (Å²) in [6.45, 7) is 9.58. The third-order valence-corrected chi connectivity index (χ3v) is 3.70. The molecule has 0 aromatic rings. The highest BCUT2D eigenvalue weighted by Gasteiger charge is 2.28. The highest BCUT2D eigenvalue weighted by Crippen LogP contribution is 2.21. The SMILES string of the molecule is CC(NC(=O)CC1COCCN1)C(C)(C)CN(C)C.Cl.Cl. The van der Waals surface area contributed by atoms with Gasteiger partial charge in [0.25, 0.3) is 0 Å². The zero-order valence-corrected chi connectivity index (χ0v) is 15.4. The van der Waals surface area contributed by atoms with Crippen molar-refractivity contribution in [2.75, 3.05) is 40.4 Å². The van der Waals surface area contributed by atoms with Gasteiger partial charge in [-0.1, -0.05) is 13.8 Å². The Labute approximate surface area is 141 Å². The van der Waals surface area contributed by atoms with Crippen LogP contribution in [0.1, 0.15) is 27.2 Å². The first-order valence-electron chi connectivity index (χ1n) is 7.06. The van der Waals surface area contributed by atoms with E-state index in [0.29, 0.717) is 13.0 Å². The fourth-order valence-corrected chi connectivity index (χ4v) is 2.42. The second-order valence-electron chi connectivity index (χ2n) is 6.45. The van der Waals surface area contributed by atoms with Crippen LogP contribution in [0, 0.1) is 5.41 Å². The van der Waals surface area contributed by atoms with Crippen molar-refractivity contribution >= 4 is 30.7 Å². The van der Waals surface area contributed by atoms with E-state index in [-0.39, 0.29) is 48.2 Å². The van der Waals surface area contributed by atoms with E-state index in [9.17, 15) is 4.79 Å². The fourth-order valence-electron chi connectivity index (χ4n) is 2.42. The molecule has 0 bridgehead atoms. The van der Waals surface area contributed by atoms with Gasteiger partial charge >= 0.3 is 0 Å². The molecule has 128 valence electrons. The molecular formula is C14H31Cl2N3O2. The van der Waals surface area contributed by atoms with Crippen LogP contribution in [-0.2, 0) is 9.53 Å². The van der Waals surface area contributed by atoms with Crippen molar-refractivity contribution in [2.24, 2.45) is 5.41 Å². The maximum Gasteiger partial charge on any atom is 0.221 e.